The molecule has 0 bridgehead atoms. The van der Waals surface area contributed by atoms with Crippen molar-refractivity contribution in [2.45, 2.75) is 31.5 Å². The summed E-state index contributed by atoms with van der Waals surface area (Å²) < 4.78 is 5.46. The van der Waals surface area contributed by atoms with E-state index in [-0.39, 0.29) is 6.04 Å². The van der Waals surface area contributed by atoms with E-state index >= 15 is 0 Å². The second-order valence-corrected chi connectivity index (χ2v) is 6.23. The minimum atomic E-state index is 0.236. The molecule has 0 amide bonds. The largest absolute Gasteiger partial charge is 0.379 e. The van der Waals surface area contributed by atoms with Gasteiger partial charge in [-0.15, -0.1) is 11.3 Å². The van der Waals surface area contributed by atoms with Crippen LogP contribution in [0.4, 0.5) is 0 Å². The first-order valence-corrected chi connectivity index (χ1v) is 7.30. The molecular formula is C13H20N2OS. The fourth-order valence-electron chi connectivity index (χ4n) is 2.49. The Balaban J connectivity index is 1.60. The fourth-order valence-corrected chi connectivity index (χ4v) is 3.22. The van der Waals surface area contributed by atoms with E-state index in [1.807, 2.05) is 11.3 Å². The molecule has 0 spiro atoms. The van der Waals surface area contributed by atoms with Crippen molar-refractivity contribution in [3.63, 3.8) is 0 Å². The van der Waals surface area contributed by atoms with Gasteiger partial charge in [0.1, 0.15) is 0 Å². The standard InChI is InChI=1S/C13H20N2OS/c14-13-9-16-8-10(13)6-15(11-3-4-11)7-12-2-1-5-17-12/h1-2,5,10-11,13H,3-4,6-9,14H2. The molecule has 4 heteroatoms. The van der Waals surface area contributed by atoms with Gasteiger partial charge in [-0.25, -0.2) is 0 Å². The summed E-state index contributed by atoms with van der Waals surface area (Å²) in [5, 5.41) is 2.16. The fraction of sp³-hybridized carbons (Fsp3) is 0.692. The number of thiophene rings is 1. The Bertz CT molecular complexity index is 350. The molecule has 0 aromatic carbocycles. The van der Waals surface area contributed by atoms with Gasteiger partial charge in [-0.1, -0.05) is 6.07 Å². The highest BCUT2D eigenvalue weighted by Crippen LogP contribution is 2.30. The predicted molar refractivity (Wildman–Crippen MR) is 70.0 cm³/mol. The van der Waals surface area contributed by atoms with Crippen LogP contribution in [0.5, 0.6) is 0 Å². The first-order valence-electron chi connectivity index (χ1n) is 6.42. The summed E-state index contributed by atoms with van der Waals surface area (Å²) in [5.41, 5.74) is 6.07. The Kier molecular flexibility index (Phi) is 3.47. The lowest BCUT2D eigenvalue weighted by Crippen LogP contribution is -2.39. The maximum absolute atomic E-state index is 6.07. The smallest absolute Gasteiger partial charge is 0.0621 e. The van der Waals surface area contributed by atoms with Gasteiger partial charge >= 0.3 is 0 Å². The molecule has 3 nitrogen and oxygen atoms in total. The number of nitrogens with two attached hydrogens (primary N) is 1. The zero-order valence-corrected chi connectivity index (χ0v) is 10.9. The molecule has 2 unspecified atom stereocenters. The third-order valence-corrected chi connectivity index (χ3v) is 4.58. The van der Waals surface area contributed by atoms with Gasteiger partial charge in [0.05, 0.1) is 13.2 Å². The van der Waals surface area contributed by atoms with Crippen LogP contribution in [0, 0.1) is 5.92 Å². The topological polar surface area (TPSA) is 38.5 Å². The van der Waals surface area contributed by atoms with Crippen molar-refractivity contribution in [3.05, 3.63) is 22.4 Å². The van der Waals surface area contributed by atoms with Crippen molar-refractivity contribution in [2.24, 2.45) is 11.7 Å². The normalized spacial score (nSPS) is 29.1. The summed E-state index contributed by atoms with van der Waals surface area (Å²) in [5.74, 6) is 0.524. The summed E-state index contributed by atoms with van der Waals surface area (Å²) in [4.78, 5) is 4.06. The number of nitrogens with zero attached hydrogens (tertiary/aromatic N) is 1. The lowest BCUT2D eigenvalue weighted by molar-refractivity contribution is 0.162. The molecule has 2 N–H and O–H groups in total. The SMILES string of the molecule is NC1COCC1CN(Cc1cccs1)C1CC1. The molecule has 94 valence electrons. The van der Waals surface area contributed by atoms with Crippen LogP contribution in [0.3, 0.4) is 0 Å². The molecule has 1 aliphatic carbocycles. The van der Waals surface area contributed by atoms with Crippen LogP contribution >= 0.6 is 11.3 Å². The van der Waals surface area contributed by atoms with Crippen LogP contribution in [0.1, 0.15) is 17.7 Å². The Hall–Kier alpha value is -0.420. The summed E-state index contributed by atoms with van der Waals surface area (Å²) in [6.07, 6.45) is 2.71. The van der Waals surface area contributed by atoms with Crippen LogP contribution < -0.4 is 5.73 Å². The predicted octanol–water partition coefficient (Wildman–Crippen LogP) is 1.69. The molecule has 1 aromatic heterocycles. The molecule has 3 rings (SSSR count). The van der Waals surface area contributed by atoms with Crippen molar-refractivity contribution >= 4 is 11.3 Å². The maximum atomic E-state index is 6.07. The molecule has 1 aromatic rings. The van der Waals surface area contributed by atoms with Gasteiger partial charge in [-0.05, 0) is 24.3 Å². The molecule has 1 saturated heterocycles. The monoisotopic (exact) mass is 252 g/mol. The van der Waals surface area contributed by atoms with E-state index in [1.54, 1.807) is 0 Å². The van der Waals surface area contributed by atoms with E-state index in [9.17, 15) is 0 Å². The highest BCUT2D eigenvalue weighted by atomic mass is 32.1. The third kappa shape index (κ3) is 2.88. The summed E-state index contributed by atoms with van der Waals surface area (Å²) in [6, 6.07) is 5.39. The summed E-state index contributed by atoms with van der Waals surface area (Å²) in [6.45, 7) is 3.77. The first-order chi connectivity index (χ1) is 8.33. The number of hydrogen-bond acceptors (Lipinski definition) is 4. The van der Waals surface area contributed by atoms with Crippen LogP contribution in [0.25, 0.3) is 0 Å². The first kappa shape index (κ1) is 11.7. The lowest BCUT2D eigenvalue weighted by Gasteiger charge is -2.26. The Morgan fingerprint density at radius 2 is 2.29 bits per heavy atom. The zero-order valence-electron chi connectivity index (χ0n) is 10.0. The van der Waals surface area contributed by atoms with E-state index in [0.717, 1.165) is 32.3 Å². The maximum Gasteiger partial charge on any atom is 0.0621 e. The van der Waals surface area contributed by atoms with Crippen molar-refractivity contribution < 1.29 is 4.74 Å². The van der Waals surface area contributed by atoms with E-state index in [0.29, 0.717) is 5.92 Å². The van der Waals surface area contributed by atoms with E-state index in [1.165, 1.54) is 17.7 Å². The highest BCUT2D eigenvalue weighted by Gasteiger charge is 2.34. The molecule has 2 aliphatic rings. The quantitative estimate of drug-likeness (QED) is 0.866. The Morgan fingerprint density at radius 3 is 2.88 bits per heavy atom. The van der Waals surface area contributed by atoms with Gasteiger partial charge in [0.25, 0.3) is 0 Å². The van der Waals surface area contributed by atoms with Gasteiger partial charge in [-0.2, -0.15) is 0 Å². The average Bonchev–Trinajstić information content (AvgIpc) is 2.91. The van der Waals surface area contributed by atoms with Crippen molar-refractivity contribution in [1.82, 2.24) is 4.90 Å². The average molecular weight is 252 g/mol. The molecular weight excluding hydrogens is 232 g/mol. The van der Waals surface area contributed by atoms with Crippen LogP contribution in [0.15, 0.2) is 17.5 Å². The van der Waals surface area contributed by atoms with E-state index in [4.69, 9.17) is 10.5 Å². The minimum Gasteiger partial charge on any atom is -0.379 e. The molecule has 2 heterocycles. The van der Waals surface area contributed by atoms with Crippen LogP contribution in [-0.2, 0) is 11.3 Å². The molecule has 2 fully saturated rings. The molecule has 1 aliphatic heterocycles. The van der Waals surface area contributed by atoms with Gasteiger partial charge in [0.15, 0.2) is 0 Å². The van der Waals surface area contributed by atoms with Crippen molar-refractivity contribution in [3.8, 4) is 0 Å². The van der Waals surface area contributed by atoms with Gasteiger partial charge in [0.2, 0.25) is 0 Å². The van der Waals surface area contributed by atoms with Gasteiger partial charge in [-0.3, -0.25) is 4.90 Å². The van der Waals surface area contributed by atoms with E-state index in [2.05, 4.69) is 22.4 Å². The van der Waals surface area contributed by atoms with Crippen LogP contribution in [-0.4, -0.2) is 36.7 Å². The summed E-state index contributed by atoms with van der Waals surface area (Å²) >= 11 is 1.85. The van der Waals surface area contributed by atoms with Crippen molar-refractivity contribution in [2.75, 3.05) is 19.8 Å². The second-order valence-electron chi connectivity index (χ2n) is 5.20. The molecule has 2 atom stereocenters. The van der Waals surface area contributed by atoms with Crippen LogP contribution in [0.2, 0.25) is 0 Å². The molecule has 17 heavy (non-hydrogen) atoms. The highest BCUT2D eigenvalue weighted by molar-refractivity contribution is 7.09. The zero-order chi connectivity index (χ0) is 11.7. The lowest BCUT2D eigenvalue weighted by atomic mass is 10.0. The Labute approximate surface area is 107 Å². The van der Waals surface area contributed by atoms with Crippen molar-refractivity contribution in [1.29, 1.82) is 0 Å². The number of rotatable bonds is 5. The molecule has 1 saturated carbocycles. The van der Waals surface area contributed by atoms with E-state index < -0.39 is 0 Å². The van der Waals surface area contributed by atoms with Gasteiger partial charge < -0.3 is 10.5 Å². The Morgan fingerprint density at radius 1 is 1.41 bits per heavy atom. The third-order valence-electron chi connectivity index (χ3n) is 3.72. The molecule has 0 radical (unpaired) electrons. The summed E-state index contributed by atoms with van der Waals surface area (Å²) in [7, 11) is 0. The van der Waals surface area contributed by atoms with Gasteiger partial charge in [0, 0.05) is 36.0 Å². The second kappa shape index (κ2) is 5.06. The number of ether oxygens (including phenoxy) is 1. The minimum absolute atomic E-state index is 0.236. The number of hydrogen-bond donors (Lipinski definition) is 1.